The third-order valence-electron chi connectivity index (χ3n) is 5.37. The van der Waals surface area contributed by atoms with Gasteiger partial charge in [-0.2, -0.15) is 5.10 Å². The summed E-state index contributed by atoms with van der Waals surface area (Å²) in [5, 5.41) is 5.62. The van der Waals surface area contributed by atoms with Crippen molar-refractivity contribution in [3.05, 3.63) is 94.4 Å². The minimum Gasteiger partial charge on any atom is -0.232 e. The molecule has 5 rings (SSSR count). The summed E-state index contributed by atoms with van der Waals surface area (Å²) >= 11 is 6.39. The summed E-state index contributed by atoms with van der Waals surface area (Å²) in [5.74, 6) is -0.259. The van der Waals surface area contributed by atoms with Crippen LogP contribution in [0.15, 0.2) is 66.7 Å². The molecule has 2 nitrogen and oxygen atoms in total. The third kappa shape index (κ3) is 2.74. The fourth-order valence-corrected chi connectivity index (χ4v) is 4.13. The molecule has 4 aromatic rings. The lowest BCUT2D eigenvalue weighted by molar-refractivity contribution is 0.628. The molecule has 1 aliphatic carbocycles. The molecule has 0 fully saturated rings. The van der Waals surface area contributed by atoms with E-state index in [1.807, 2.05) is 41.9 Å². The van der Waals surface area contributed by atoms with Gasteiger partial charge >= 0.3 is 0 Å². The van der Waals surface area contributed by atoms with E-state index in [9.17, 15) is 4.39 Å². The number of benzene rings is 3. The van der Waals surface area contributed by atoms with Gasteiger partial charge in [0.25, 0.3) is 0 Å². The monoisotopic (exact) mass is 388 g/mol. The van der Waals surface area contributed by atoms with Crippen LogP contribution in [0.3, 0.4) is 0 Å². The first kappa shape index (κ1) is 17.2. The summed E-state index contributed by atoms with van der Waals surface area (Å²) in [6.45, 7) is 1.98. The smallest absolute Gasteiger partial charge is 0.123 e. The summed E-state index contributed by atoms with van der Waals surface area (Å²) in [7, 11) is 0. The molecule has 0 N–H and O–H groups in total. The van der Waals surface area contributed by atoms with E-state index in [0.717, 1.165) is 46.6 Å². The Morgan fingerprint density at radius 2 is 1.82 bits per heavy atom. The first-order valence-corrected chi connectivity index (χ1v) is 9.72. The number of aryl methyl sites for hydroxylation is 3. The quantitative estimate of drug-likeness (QED) is 0.388. The molecule has 0 spiro atoms. The molecule has 4 heteroatoms. The molecule has 138 valence electrons. The summed E-state index contributed by atoms with van der Waals surface area (Å²) in [4.78, 5) is 0. The van der Waals surface area contributed by atoms with Gasteiger partial charge in [-0.15, -0.1) is 0 Å². The van der Waals surface area contributed by atoms with Gasteiger partial charge < -0.3 is 0 Å². The van der Waals surface area contributed by atoms with Crippen molar-refractivity contribution >= 4 is 11.6 Å². The van der Waals surface area contributed by atoms with Gasteiger partial charge in [-0.25, -0.2) is 9.07 Å². The van der Waals surface area contributed by atoms with Crippen LogP contribution in [-0.2, 0) is 12.8 Å². The van der Waals surface area contributed by atoms with Gasteiger partial charge in [0.05, 0.1) is 17.1 Å². The highest BCUT2D eigenvalue weighted by molar-refractivity contribution is 6.31. The van der Waals surface area contributed by atoms with Gasteiger partial charge in [-0.3, -0.25) is 0 Å². The van der Waals surface area contributed by atoms with E-state index in [1.165, 1.54) is 17.2 Å². The largest absolute Gasteiger partial charge is 0.232 e. The Balaban J connectivity index is 1.84. The molecule has 0 atom stereocenters. The van der Waals surface area contributed by atoms with Crippen molar-refractivity contribution in [2.24, 2.45) is 0 Å². The van der Waals surface area contributed by atoms with Crippen molar-refractivity contribution in [2.45, 2.75) is 19.8 Å². The zero-order valence-corrected chi connectivity index (χ0v) is 16.2. The van der Waals surface area contributed by atoms with E-state index in [1.54, 1.807) is 12.1 Å². The molecular weight excluding hydrogens is 371 g/mol. The highest BCUT2D eigenvalue weighted by Crippen LogP contribution is 2.42. The molecule has 1 aliphatic rings. The molecule has 1 heterocycles. The predicted octanol–water partition coefficient (Wildman–Crippen LogP) is 6.41. The average Bonchev–Trinajstić information content (AvgIpc) is 3.10. The van der Waals surface area contributed by atoms with Crippen LogP contribution in [0.2, 0.25) is 5.02 Å². The molecule has 3 aromatic carbocycles. The van der Waals surface area contributed by atoms with Crippen LogP contribution in [0, 0.1) is 12.7 Å². The number of fused-ring (bicyclic) bond motifs is 3. The Hall–Kier alpha value is -2.91. The summed E-state index contributed by atoms with van der Waals surface area (Å²) in [5.41, 5.74) is 8.20. The van der Waals surface area contributed by atoms with Gasteiger partial charge in [-0.1, -0.05) is 54.1 Å². The molecule has 0 saturated heterocycles. The Morgan fingerprint density at radius 3 is 2.64 bits per heavy atom. The van der Waals surface area contributed by atoms with Crippen molar-refractivity contribution < 1.29 is 4.39 Å². The lowest BCUT2D eigenvalue weighted by atomic mass is 9.87. The van der Waals surface area contributed by atoms with E-state index in [-0.39, 0.29) is 5.82 Å². The maximum absolute atomic E-state index is 14.1. The number of halogens is 2. The topological polar surface area (TPSA) is 17.8 Å². The fourth-order valence-electron chi connectivity index (χ4n) is 3.96. The van der Waals surface area contributed by atoms with Gasteiger partial charge in [-0.05, 0) is 60.7 Å². The number of hydrogen-bond acceptors (Lipinski definition) is 1. The van der Waals surface area contributed by atoms with Gasteiger partial charge in [0.1, 0.15) is 5.82 Å². The molecule has 0 radical (unpaired) electrons. The predicted molar refractivity (Wildman–Crippen MR) is 112 cm³/mol. The zero-order chi connectivity index (χ0) is 19.3. The van der Waals surface area contributed by atoms with Gasteiger partial charge in [0.15, 0.2) is 0 Å². The molecular formula is C24H18ClFN2. The van der Waals surface area contributed by atoms with E-state index in [0.29, 0.717) is 5.02 Å². The van der Waals surface area contributed by atoms with Crippen molar-refractivity contribution in [2.75, 3.05) is 0 Å². The summed E-state index contributed by atoms with van der Waals surface area (Å²) in [6.07, 6.45) is 1.82. The number of hydrogen-bond donors (Lipinski definition) is 0. The average molecular weight is 389 g/mol. The van der Waals surface area contributed by atoms with Crippen LogP contribution in [0.1, 0.15) is 16.8 Å². The second-order valence-corrected chi connectivity index (χ2v) is 7.59. The fraction of sp³-hybridized carbons (Fsp3) is 0.125. The van der Waals surface area contributed by atoms with Crippen molar-refractivity contribution in [1.82, 2.24) is 9.78 Å². The molecule has 0 bridgehead atoms. The molecule has 28 heavy (non-hydrogen) atoms. The Morgan fingerprint density at radius 1 is 0.964 bits per heavy atom. The molecule has 0 saturated carbocycles. The number of aromatic nitrogens is 2. The van der Waals surface area contributed by atoms with Crippen LogP contribution >= 0.6 is 11.6 Å². The Kier molecular flexibility index (Phi) is 4.06. The van der Waals surface area contributed by atoms with Gasteiger partial charge in [0, 0.05) is 16.1 Å². The van der Waals surface area contributed by atoms with E-state index in [2.05, 4.69) is 18.2 Å². The van der Waals surface area contributed by atoms with Crippen LogP contribution < -0.4 is 0 Å². The lowest BCUT2D eigenvalue weighted by Crippen LogP contribution is -2.03. The van der Waals surface area contributed by atoms with E-state index < -0.39 is 0 Å². The minimum atomic E-state index is -0.259. The first-order valence-electron chi connectivity index (χ1n) is 9.34. The van der Waals surface area contributed by atoms with Crippen LogP contribution in [0.5, 0.6) is 0 Å². The molecule has 0 amide bonds. The second kappa shape index (κ2) is 6.61. The van der Waals surface area contributed by atoms with Crippen LogP contribution in [0.25, 0.3) is 28.1 Å². The first-order chi connectivity index (χ1) is 13.6. The van der Waals surface area contributed by atoms with Crippen LogP contribution in [-0.4, -0.2) is 9.78 Å². The zero-order valence-electron chi connectivity index (χ0n) is 15.4. The molecule has 1 aromatic heterocycles. The number of nitrogens with zero attached hydrogens (tertiary/aromatic N) is 2. The minimum absolute atomic E-state index is 0.259. The molecule has 0 unspecified atom stereocenters. The normalized spacial score (nSPS) is 12.5. The maximum Gasteiger partial charge on any atom is 0.123 e. The van der Waals surface area contributed by atoms with Crippen LogP contribution in [0.4, 0.5) is 4.39 Å². The van der Waals surface area contributed by atoms with E-state index >= 15 is 0 Å². The number of rotatable bonds is 2. The van der Waals surface area contributed by atoms with E-state index in [4.69, 9.17) is 16.7 Å². The molecule has 0 aliphatic heterocycles. The maximum atomic E-state index is 14.1. The Labute approximate surface area is 168 Å². The standard InChI is InChI=1S/C24H18ClFN2/c1-15-9-11-19(14-21(15)25)28-24(17-6-4-7-18(26)13-17)23-20-8-3-2-5-16(20)10-12-22(23)27-28/h2-9,11,13-14H,10,12H2,1H3. The third-order valence-corrected chi connectivity index (χ3v) is 5.78. The van der Waals surface area contributed by atoms with Crippen molar-refractivity contribution in [3.63, 3.8) is 0 Å². The highest BCUT2D eigenvalue weighted by Gasteiger charge is 2.26. The highest BCUT2D eigenvalue weighted by atomic mass is 35.5. The summed E-state index contributed by atoms with van der Waals surface area (Å²) in [6, 6.07) is 21.0. The van der Waals surface area contributed by atoms with Gasteiger partial charge in [0.2, 0.25) is 0 Å². The SMILES string of the molecule is Cc1ccc(-n2nc3c(c2-c2cccc(F)c2)-c2ccccc2CC3)cc1Cl. The van der Waals surface area contributed by atoms with Crippen molar-refractivity contribution in [3.8, 4) is 28.1 Å². The van der Waals surface area contributed by atoms with Crippen molar-refractivity contribution in [1.29, 1.82) is 0 Å². The second-order valence-electron chi connectivity index (χ2n) is 7.18. The summed E-state index contributed by atoms with van der Waals surface area (Å²) < 4.78 is 16.0. The Bertz CT molecular complexity index is 1210. The lowest BCUT2D eigenvalue weighted by Gasteiger charge is -2.17.